The van der Waals surface area contributed by atoms with Crippen molar-refractivity contribution >= 4 is 23.4 Å². The number of nitrogens with one attached hydrogen (secondary N) is 2. The zero-order chi connectivity index (χ0) is 21.6. The van der Waals surface area contributed by atoms with Crippen LogP contribution in [0.2, 0.25) is 5.02 Å². The van der Waals surface area contributed by atoms with E-state index in [9.17, 15) is 9.59 Å². The molecule has 4 rings (SSSR count). The van der Waals surface area contributed by atoms with Gasteiger partial charge in [-0.3, -0.25) is 30.3 Å². The molecule has 0 aliphatic carbocycles. The molecule has 3 heterocycles. The maximum absolute atomic E-state index is 12.2. The molecule has 1 saturated heterocycles. The summed E-state index contributed by atoms with van der Waals surface area (Å²) < 4.78 is 5.43. The quantitative estimate of drug-likeness (QED) is 0.585. The number of benzene rings is 1. The average Bonchev–Trinajstić information content (AvgIpc) is 3.29. The van der Waals surface area contributed by atoms with Gasteiger partial charge in [0, 0.05) is 12.1 Å². The number of carbonyl (C=O) groups excluding carboxylic acids is 2. The predicted molar refractivity (Wildman–Crippen MR) is 113 cm³/mol. The number of amides is 2. The molecule has 3 aromatic rings. The lowest BCUT2D eigenvalue weighted by Crippen LogP contribution is -2.47. The molecule has 0 bridgehead atoms. The number of rotatable bonds is 5. The Morgan fingerprint density at radius 1 is 1.10 bits per heavy atom. The summed E-state index contributed by atoms with van der Waals surface area (Å²) >= 11 is 5.99. The van der Waals surface area contributed by atoms with Crippen LogP contribution in [0.1, 0.15) is 35.0 Å². The fourth-order valence-electron chi connectivity index (χ4n) is 3.42. The highest BCUT2D eigenvalue weighted by molar-refractivity contribution is 6.33. The van der Waals surface area contributed by atoms with Crippen LogP contribution in [0.3, 0.4) is 0 Å². The molecule has 160 valence electrons. The summed E-state index contributed by atoms with van der Waals surface area (Å²) in [7, 11) is 0. The van der Waals surface area contributed by atoms with E-state index in [0.29, 0.717) is 41.1 Å². The minimum absolute atomic E-state index is 0.143. The molecule has 1 aliphatic heterocycles. The van der Waals surface area contributed by atoms with E-state index in [1.807, 2.05) is 23.1 Å². The maximum atomic E-state index is 12.2. The Labute approximate surface area is 183 Å². The van der Waals surface area contributed by atoms with Crippen molar-refractivity contribution in [1.29, 1.82) is 0 Å². The van der Waals surface area contributed by atoms with Gasteiger partial charge in [0.2, 0.25) is 11.7 Å². The van der Waals surface area contributed by atoms with Crippen LogP contribution in [-0.2, 0) is 4.79 Å². The van der Waals surface area contributed by atoms with Crippen molar-refractivity contribution in [3.05, 3.63) is 65.1 Å². The Bertz CT molecular complexity index is 1050. The number of hydrogen-bond acceptors (Lipinski definition) is 7. The van der Waals surface area contributed by atoms with E-state index in [0.717, 1.165) is 12.8 Å². The SMILES string of the molecule is O=C(CN1CCC(c2nc(-c3ccccn3)no2)CC1)NNC(=O)c1ccccc1Cl. The maximum Gasteiger partial charge on any atom is 0.271 e. The third-order valence-corrected chi connectivity index (χ3v) is 5.40. The van der Waals surface area contributed by atoms with E-state index < -0.39 is 5.91 Å². The van der Waals surface area contributed by atoms with Gasteiger partial charge in [0.25, 0.3) is 11.8 Å². The number of hydrogen-bond donors (Lipinski definition) is 2. The van der Waals surface area contributed by atoms with E-state index >= 15 is 0 Å². The van der Waals surface area contributed by atoms with Gasteiger partial charge in [-0.05, 0) is 50.2 Å². The first kappa shape index (κ1) is 21.0. The summed E-state index contributed by atoms with van der Waals surface area (Å²) in [6.07, 6.45) is 3.28. The van der Waals surface area contributed by atoms with Crippen LogP contribution in [0.4, 0.5) is 0 Å². The lowest BCUT2D eigenvalue weighted by molar-refractivity contribution is -0.123. The number of aromatic nitrogens is 3. The van der Waals surface area contributed by atoms with Crippen LogP contribution in [0.15, 0.2) is 53.2 Å². The van der Waals surface area contributed by atoms with Crippen molar-refractivity contribution in [3.63, 3.8) is 0 Å². The molecule has 0 atom stereocenters. The molecule has 0 radical (unpaired) electrons. The normalized spacial score (nSPS) is 14.9. The molecular weight excluding hydrogens is 420 g/mol. The average molecular weight is 441 g/mol. The van der Waals surface area contributed by atoms with Crippen molar-refractivity contribution in [1.82, 2.24) is 30.9 Å². The molecule has 0 spiro atoms. The highest BCUT2D eigenvalue weighted by Crippen LogP contribution is 2.28. The van der Waals surface area contributed by atoms with Crippen molar-refractivity contribution < 1.29 is 14.1 Å². The number of nitrogens with zero attached hydrogens (tertiary/aromatic N) is 4. The van der Waals surface area contributed by atoms with E-state index in [2.05, 4.69) is 26.0 Å². The second-order valence-corrected chi connectivity index (χ2v) is 7.61. The van der Waals surface area contributed by atoms with Crippen LogP contribution in [-0.4, -0.2) is 51.5 Å². The number of halogens is 1. The zero-order valence-corrected chi connectivity index (χ0v) is 17.4. The minimum Gasteiger partial charge on any atom is -0.339 e. The monoisotopic (exact) mass is 440 g/mol. The van der Waals surface area contributed by atoms with E-state index in [1.165, 1.54) is 0 Å². The fraction of sp³-hybridized carbons (Fsp3) is 0.286. The van der Waals surface area contributed by atoms with Gasteiger partial charge in [-0.25, -0.2) is 0 Å². The topological polar surface area (TPSA) is 113 Å². The standard InChI is InChI=1S/C21H21ClN6O3/c22-16-6-2-1-5-15(16)20(30)26-25-18(29)13-28-11-8-14(9-12-28)21-24-19(27-31-21)17-7-3-4-10-23-17/h1-7,10,14H,8-9,11-13H2,(H,25,29)(H,26,30). The zero-order valence-electron chi connectivity index (χ0n) is 16.6. The van der Waals surface area contributed by atoms with Gasteiger partial charge in [0.1, 0.15) is 5.69 Å². The summed E-state index contributed by atoms with van der Waals surface area (Å²) in [5.74, 6) is 0.458. The number of carbonyl (C=O) groups is 2. The Morgan fingerprint density at radius 3 is 2.61 bits per heavy atom. The molecular formula is C21H21ClN6O3. The first-order valence-corrected chi connectivity index (χ1v) is 10.3. The molecule has 2 aromatic heterocycles. The van der Waals surface area contributed by atoms with Crippen LogP contribution < -0.4 is 10.9 Å². The van der Waals surface area contributed by atoms with Gasteiger partial charge < -0.3 is 4.52 Å². The van der Waals surface area contributed by atoms with Gasteiger partial charge in [0.05, 0.1) is 17.1 Å². The first-order valence-electron chi connectivity index (χ1n) is 9.91. The van der Waals surface area contributed by atoms with Crippen molar-refractivity contribution in [2.75, 3.05) is 19.6 Å². The largest absolute Gasteiger partial charge is 0.339 e. The second-order valence-electron chi connectivity index (χ2n) is 7.20. The Kier molecular flexibility index (Phi) is 6.54. The molecule has 2 amide bonds. The van der Waals surface area contributed by atoms with Crippen LogP contribution in [0.5, 0.6) is 0 Å². The second kappa shape index (κ2) is 9.67. The third-order valence-electron chi connectivity index (χ3n) is 5.07. The molecule has 2 N–H and O–H groups in total. The lowest BCUT2D eigenvalue weighted by atomic mass is 9.97. The first-order chi connectivity index (χ1) is 15.1. The summed E-state index contributed by atoms with van der Waals surface area (Å²) in [4.78, 5) is 35.0. The summed E-state index contributed by atoms with van der Waals surface area (Å²) in [5, 5.41) is 4.35. The highest BCUT2D eigenvalue weighted by Gasteiger charge is 2.26. The van der Waals surface area contributed by atoms with Crippen LogP contribution in [0.25, 0.3) is 11.5 Å². The van der Waals surface area contributed by atoms with Crippen LogP contribution in [0, 0.1) is 0 Å². The summed E-state index contributed by atoms with van der Waals surface area (Å²) in [6, 6.07) is 12.2. The Balaban J connectivity index is 1.23. The molecule has 0 saturated carbocycles. The molecule has 1 fully saturated rings. The van der Waals surface area contributed by atoms with E-state index in [-0.39, 0.29) is 18.4 Å². The Hall–Kier alpha value is -3.30. The molecule has 1 aromatic carbocycles. The number of pyridine rings is 1. The van der Waals surface area contributed by atoms with Crippen molar-refractivity contribution in [3.8, 4) is 11.5 Å². The third kappa shape index (κ3) is 5.25. The van der Waals surface area contributed by atoms with E-state index in [1.54, 1.807) is 30.5 Å². The van der Waals surface area contributed by atoms with E-state index in [4.69, 9.17) is 16.1 Å². The van der Waals surface area contributed by atoms with Gasteiger partial charge >= 0.3 is 0 Å². The Morgan fingerprint density at radius 2 is 1.87 bits per heavy atom. The van der Waals surface area contributed by atoms with Gasteiger partial charge in [-0.1, -0.05) is 35.0 Å². The molecule has 1 aliphatic rings. The van der Waals surface area contributed by atoms with Gasteiger partial charge in [-0.2, -0.15) is 4.98 Å². The van der Waals surface area contributed by atoms with Gasteiger partial charge in [-0.15, -0.1) is 0 Å². The predicted octanol–water partition coefficient (Wildman–Crippen LogP) is 2.43. The molecule has 0 unspecified atom stereocenters. The molecule has 10 heteroatoms. The summed E-state index contributed by atoms with van der Waals surface area (Å²) in [5.41, 5.74) is 5.80. The van der Waals surface area contributed by atoms with Crippen molar-refractivity contribution in [2.45, 2.75) is 18.8 Å². The van der Waals surface area contributed by atoms with Crippen LogP contribution >= 0.6 is 11.6 Å². The fourth-order valence-corrected chi connectivity index (χ4v) is 3.64. The minimum atomic E-state index is -0.460. The lowest BCUT2D eigenvalue weighted by Gasteiger charge is -2.29. The van der Waals surface area contributed by atoms with Gasteiger partial charge in [0.15, 0.2) is 0 Å². The highest BCUT2D eigenvalue weighted by atomic mass is 35.5. The smallest absolute Gasteiger partial charge is 0.271 e. The number of hydrazine groups is 1. The number of piperidine rings is 1. The molecule has 9 nitrogen and oxygen atoms in total. The number of likely N-dealkylation sites (tertiary alicyclic amines) is 1. The summed E-state index contributed by atoms with van der Waals surface area (Å²) in [6.45, 7) is 1.59. The van der Waals surface area contributed by atoms with Crippen molar-refractivity contribution in [2.24, 2.45) is 0 Å². The molecule has 31 heavy (non-hydrogen) atoms.